The van der Waals surface area contributed by atoms with Gasteiger partial charge in [-0.3, -0.25) is 0 Å². The standard InChI is InChI=1S/C19H29NO4.C2H6.H2/c1-6-15(7-2)23-17(21)16(13-14-11-9-8-10-12-14)20-18(22)24-19(3,4)5;1-2;/h8-12,15-16H,6-7,13H2,1-5H3,(H,20,22);1-2H3;1H/t16-;;/m0../s1. The van der Waals surface area contributed by atoms with Crippen molar-refractivity contribution in [2.75, 3.05) is 0 Å². The first-order valence-electron chi connectivity index (χ1n) is 9.49. The van der Waals surface area contributed by atoms with E-state index >= 15 is 0 Å². The maximum atomic E-state index is 12.5. The first-order chi connectivity index (χ1) is 12.2. The van der Waals surface area contributed by atoms with E-state index in [-0.39, 0.29) is 7.53 Å². The van der Waals surface area contributed by atoms with Crippen LogP contribution < -0.4 is 5.32 Å². The van der Waals surface area contributed by atoms with Crippen LogP contribution in [0.2, 0.25) is 0 Å². The van der Waals surface area contributed by atoms with Crippen LogP contribution in [0.5, 0.6) is 0 Å². The van der Waals surface area contributed by atoms with Crippen LogP contribution >= 0.6 is 0 Å². The van der Waals surface area contributed by atoms with Crippen LogP contribution in [0, 0.1) is 0 Å². The third-order valence-electron chi connectivity index (χ3n) is 3.45. The van der Waals surface area contributed by atoms with Crippen molar-refractivity contribution in [1.82, 2.24) is 5.32 Å². The molecule has 150 valence electrons. The van der Waals surface area contributed by atoms with E-state index in [2.05, 4.69) is 5.32 Å². The van der Waals surface area contributed by atoms with Gasteiger partial charge in [-0.1, -0.05) is 58.0 Å². The van der Waals surface area contributed by atoms with Gasteiger partial charge in [0.1, 0.15) is 17.7 Å². The highest BCUT2D eigenvalue weighted by Crippen LogP contribution is 2.11. The van der Waals surface area contributed by atoms with Gasteiger partial charge in [-0.25, -0.2) is 9.59 Å². The molecule has 1 rings (SSSR count). The average molecular weight is 368 g/mol. The Morgan fingerprint density at radius 3 is 2.08 bits per heavy atom. The van der Waals surface area contributed by atoms with Crippen LogP contribution in [0.15, 0.2) is 30.3 Å². The summed E-state index contributed by atoms with van der Waals surface area (Å²) in [6.45, 7) is 13.3. The molecule has 1 aromatic rings. The van der Waals surface area contributed by atoms with Crippen LogP contribution in [-0.2, 0) is 20.7 Å². The van der Waals surface area contributed by atoms with Crippen molar-refractivity contribution < 1.29 is 20.5 Å². The van der Waals surface area contributed by atoms with Gasteiger partial charge in [0, 0.05) is 7.85 Å². The molecule has 26 heavy (non-hydrogen) atoms. The highest BCUT2D eigenvalue weighted by atomic mass is 16.6. The van der Waals surface area contributed by atoms with Gasteiger partial charge in [-0.2, -0.15) is 0 Å². The lowest BCUT2D eigenvalue weighted by Crippen LogP contribution is -2.46. The smallest absolute Gasteiger partial charge is 0.408 e. The Morgan fingerprint density at radius 1 is 1.08 bits per heavy atom. The van der Waals surface area contributed by atoms with E-state index in [1.165, 1.54) is 0 Å². The molecular weight excluding hydrogens is 330 g/mol. The van der Waals surface area contributed by atoms with Crippen molar-refractivity contribution >= 4 is 12.1 Å². The monoisotopic (exact) mass is 367 g/mol. The predicted octanol–water partition coefficient (Wildman–Crippen LogP) is 5.13. The third-order valence-corrected chi connectivity index (χ3v) is 3.45. The van der Waals surface area contributed by atoms with Crippen LogP contribution in [0.25, 0.3) is 0 Å². The van der Waals surface area contributed by atoms with Gasteiger partial charge < -0.3 is 14.8 Å². The van der Waals surface area contributed by atoms with Crippen LogP contribution in [0.1, 0.15) is 68.3 Å². The predicted molar refractivity (Wildman–Crippen MR) is 107 cm³/mol. The van der Waals surface area contributed by atoms with E-state index in [4.69, 9.17) is 9.47 Å². The Bertz CT molecular complexity index is 525. The minimum absolute atomic E-state index is 0. The second-order valence-corrected chi connectivity index (χ2v) is 6.76. The normalized spacial score (nSPS) is 11.8. The van der Waals surface area contributed by atoms with Crippen molar-refractivity contribution in [2.24, 2.45) is 0 Å². The number of rotatable bonds is 7. The summed E-state index contributed by atoms with van der Waals surface area (Å²) in [4.78, 5) is 24.5. The van der Waals surface area contributed by atoms with Crippen molar-refractivity contribution in [3.8, 4) is 0 Å². The zero-order valence-corrected chi connectivity index (χ0v) is 17.3. The summed E-state index contributed by atoms with van der Waals surface area (Å²) in [7, 11) is 0. The number of alkyl carbamates (subject to hydrolysis) is 1. The van der Waals surface area contributed by atoms with Crippen LogP contribution in [-0.4, -0.2) is 29.8 Å². The minimum Gasteiger partial charge on any atom is -0.461 e. The first-order valence-corrected chi connectivity index (χ1v) is 9.49. The lowest BCUT2D eigenvalue weighted by molar-refractivity contribution is -0.152. The topological polar surface area (TPSA) is 64.6 Å². The highest BCUT2D eigenvalue weighted by Gasteiger charge is 2.27. The highest BCUT2D eigenvalue weighted by molar-refractivity contribution is 5.82. The van der Waals surface area contributed by atoms with Crippen molar-refractivity contribution in [2.45, 2.75) is 85.5 Å². The maximum Gasteiger partial charge on any atom is 0.408 e. The summed E-state index contributed by atoms with van der Waals surface area (Å²) >= 11 is 0. The summed E-state index contributed by atoms with van der Waals surface area (Å²) < 4.78 is 10.8. The zero-order chi connectivity index (χ0) is 20.2. The molecule has 0 fully saturated rings. The number of carbonyl (C=O) groups is 2. The number of hydrogen-bond acceptors (Lipinski definition) is 4. The maximum absolute atomic E-state index is 12.5. The number of ether oxygens (including phenoxy) is 2. The molecule has 0 aromatic heterocycles. The molecule has 0 bridgehead atoms. The molecule has 0 radical (unpaired) electrons. The van der Waals surface area contributed by atoms with Crippen LogP contribution in [0.4, 0.5) is 4.79 Å². The largest absolute Gasteiger partial charge is 0.461 e. The molecule has 1 atom stereocenters. The third kappa shape index (κ3) is 10.1. The average Bonchev–Trinajstić information content (AvgIpc) is 2.60. The second kappa shape index (κ2) is 12.3. The molecule has 0 unspecified atom stereocenters. The van der Waals surface area contributed by atoms with Gasteiger partial charge in [0.05, 0.1) is 0 Å². The molecule has 0 aliphatic heterocycles. The van der Waals surface area contributed by atoms with Gasteiger partial charge in [-0.05, 0) is 39.2 Å². The Balaban J connectivity index is 0. The molecule has 0 spiro atoms. The quantitative estimate of drug-likeness (QED) is 0.679. The molecule has 1 aromatic carbocycles. The fourth-order valence-electron chi connectivity index (χ4n) is 2.19. The van der Waals surface area contributed by atoms with E-state index in [1.807, 2.05) is 58.0 Å². The molecule has 1 amide bonds. The zero-order valence-electron chi connectivity index (χ0n) is 17.3. The fraction of sp³-hybridized carbons (Fsp3) is 0.619. The van der Waals surface area contributed by atoms with Crippen molar-refractivity contribution in [3.05, 3.63) is 35.9 Å². The van der Waals surface area contributed by atoms with Crippen molar-refractivity contribution in [3.63, 3.8) is 0 Å². The summed E-state index contributed by atoms with van der Waals surface area (Å²) in [5.74, 6) is -0.432. The summed E-state index contributed by atoms with van der Waals surface area (Å²) in [5, 5.41) is 2.64. The molecule has 5 heteroatoms. The summed E-state index contributed by atoms with van der Waals surface area (Å²) in [6.07, 6.45) is 1.08. The molecule has 0 saturated carbocycles. The van der Waals surface area contributed by atoms with E-state index in [1.54, 1.807) is 20.8 Å². The molecule has 0 heterocycles. The van der Waals surface area contributed by atoms with E-state index in [9.17, 15) is 9.59 Å². The van der Waals surface area contributed by atoms with Gasteiger partial charge >= 0.3 is 12.1 Å². The lowest BCUT2D eigenvalue weighted by atomic mass is 10.1. The lowest BCUT2D eigenvalue weighted by Gasteiger charge is -2.24. The fourth-order valence-corrected chi connectivity index (χ4v) is 2.19. The number of hydrogen-bond donors (Lipinski definition) is 1. The van der Waals surface area contributed by atoms with Crippen LogP contribution in [0.3, 0.4) is 0 Å². The molecular formula is C21H37NO4. The molecule has 0 saturated heterocycles. The van der Waals surface area contributed by atoms with E-state index < -0.39 is 23.7 Å². The molecule has 5 nitrogen and oxygen atoms in total. The second-order valence-electron chi connectivity index (χ2n) is 6.76. The number of amides is 1. The Kier molecular flexibility index (Phi) is 11.4. The Labute approximate surface area is 159 Å². The molecule has 1 N–H and O–H groups in total. The number of nitrogens with one attached hydrogen (secondary N) is 1. The molecule has 0 aliphatic carbocycles. The van der Waals surface area contributed by atoms with E-state index in [0.717, 1.165) is 18.4 Å². The first kappa shape index (κ1) is 24.0. The SMILES string of the molecule is CC.CCC(CC)OC(=O)[C@H](Cc1ccccc1)NC(=O)OC(C)(C)C.[HH]. The summed E-state index contributed by atoms with van der Waals surface area (Å²) in [5.41, 5.74) is 0.320. The van der Waals surface area contributed by atoms with Gasteiger partial charge in [-0.15, -0.1) is 0 Å². The number of benzene rings is 1. The Morgan fingerprint density at radius 2 is 1.62 bits per heavy atom. The summed E-state index contributed by atoms with van der Waals surface area (Å²) in [6, 6.07) is 8.74. The Hall–Kier alpha value is -2.04. The van der Waals surface area contributed by atoms with Gasteiger partial charge in [0.25, 0.3) is 0 Å². The molecule has 0 aliphatic rings. The van der Waals surface area contributed by atoms with Crippen molar-refractivity contribution in [1.29, 1.82) is 0 Å². The number of carbonyl (C=O) groups excluding carboxylic acids is 2. The van der Waals surface area contributed by atoms with Gasteiger partial charge in [0.2, 0.25) is 0 Å². The van der Waals surface area contributed by atoms with E-state index in [0.29, 0.717) is 6.42 Å². The minimum atomic E-state index is -0.775. The van der Waals surface area contributed by atoms with Gasteiger partial charge in [0.15, 0.2) is 0 Å². The number of esters is 1.